The molecule has 1 aliphatic heterocycles. The molecule has 0 bridgehead atoms. The van der Waals surface area contributed by atoms with E-state index in [1.165, 1.54) is 19.5 Å². The van der Waals surface area contributed by atoms with Gasteiger partial charge < -0.3 is 10.6 Å². The normalized spacial score (nSPS) is 26.4. The quantitative estimate of drug-likeness (QED) is 0.725. The van der Waals surface area contributed by atoms with Crippen molar-refractivity contribution in [1.29, 1.82) is 0 Å². The fourth-order valence-corrected chi connectivity index (χ4v) is 2.57. The predicted molar refractivity (Wildman–Crippen MR) is 61.4 cm³/mol. The molecular weight excluding hydrogens is 174 g/mol. The molecule has 1 aliphatic rings. The first-order chi connectivity index (χ1) is 6.56. The summed E-state index contributed by atoms with van der Waals surface area (Å²) in [5, 5.41) is 0. The number of likely N-dealkylation sites (tertiary alicyclic amines) is 1. The van der Waals surface area contributed by atoms with Gasteiger partial charge in [-0.25, -0.2) is 0 Å². The molecule has 3 heteroatoms. The predicted octanol–water partition coefficient (Wildman–Crippen LogP) is 0.748. The number of nitrogens with zero attached hydrogens (tertiary/aromatic N) is 2. The monoisotopic (exact) mass is 199 g/mol. The topological polar surface area (TPSA) is 32.5 Å². The van der Waals surface area contributed by atoms with Crippen molar-refractivity contribution in [3.05, 3.63) is 0 Å². The zero-order valence-corrected chi connectivity index (χ0v) is 10.0. The van der Waals surface area contributed by atoms with Gasteiger partial charge in [-0.1, -0.05) is 0 Å². The highest BCUT2D eigenvalue weighted by atomic mass is 15.3. The third-order valence-corrected chi connectivity index (χ3v) is 3.23. The van der Waals surface area contributed by atoms with Gasteiger partial charge in [0.05, 0.1) is 0 Å². The van der Waals surface area contributed by atoms with Crippen molar-refractivity contribution in [2.75, 3.05) is 26.7 Å². The molecule has 0 saturated carbocycles. The number of hydrogen-bond donors (Lipinski definition) is 1. The van der Waals surface area contributed by atoms with Gasteiger partial charge in [-0.3, -0.25) is 4.90 Å². The van der Waals surface area contributed by atoms with Crippen LogP contribution in [0.2, 0.25) is 0 Å². The first-order valence-electron chi connectivity index (χ1n) is 5.72. The smallest absolute Gasteiger partial charge is 0.0241 e. The maximum Gasteiger partial charge on any atom is 0.0241 e. The van der Waals surface area contributed by atoms with Gasteiger partial charge in [0.2, 0.25) is 0 Å². The SMILES string of the molecule is CC(C)N(C(C)CN)C1CCN(C)C1. The Kier molecular flexibility index (Phi) is 4.35. The summed E-state index contributed by atoms with van der Waals surface area (Å²) in [7, 11) is 2.20. The largest absolute Gasteiger partial charge is 0.329 e. The van der Waals surface area contributed by atoms with Crippen LogP contribution in [-0.4, -0.2) is 54.6 Å². The number of nitrogens with two attached hydrogens (primary N) is 1. The van der Waals surface area contributed by atoms with Crippen LogP contribution >= 0.6 is 0 Å². The van der Waals surface area contributed by atoms with E-state index in [0.29, 0.717) is 18.1 Å². The van der Waals surface area contributed by atoms with Crippen molar-refractivity contribution in [2.24, 2.45) is 5.73 Å². The van der Waals surface area contributed by atoms with Crippen molar-refractivity contribution < 1.29 is 0 Å². The maximum absolute atomic E-state index is 5.76. The molecule has 1 saturated heterocycles. The molecule has 0 aromatic heterocycles. The molecule has 2 atom stereocenters. The molecule has 84 valence electrons. The van der Waals surface area contributed by atoms with E-state index in [-0.39, 0.29) is 0 Å². The lowest BCUT2D eigenvalue weighted by Gasteiger charge is -2.37. The zero-order valence-electron chi connectivity index (χ0n) is 10.0. The lowest BCUT2D eigenvalue weighted by Crippen LogP contribution is -2.49. The van der Waals surface area contributed by atoms with Crippen LogP contribution in [0.1, 0.15) is 27.2 Å². The van der Waals surface area contributed by atoms with Gasteiger partial charge in [0.25, 0.3) is 0 Å². The van der Waals surface area contributed by atoms with E-state index in [1.54, 1.807) is 0 Å². The lowest BCUT2D eigenvalue weighted by molar-refractivity contribution is 0.111. The average Bonchev–Trinajstić information content (AvgIpc) is 2.51. The second kappa shape index (κ2) is 5.10. The number of hydrogen-bond acceptors (Lipinski definition) is 3. The number of likely N-dealkylation sites (N-methyl/N-ethyl adjacent to an activating group) is 1. The van der Waals surface area contributed by atoms with Gasteiger partial charge >= 0.3 is 0 Å². The van der Waals surface area contributed by atoms with Crippen LogP contribution in [0.15, 0.2) is 0 Å². The third kappa shape index (κ3) is 2.69. The van der Waals surface area contributed by atoms with Gasteiger partial charge in [-0.2, -0.15) is 0 Å². The van der Waals surface area contributed by atoms with Crippen LogP contribution < -0.4 is 5.73 Å². The Morgan fingerprint density at radius 2 is 2.07 bits per heavy atom. The standard InChI is InChI=1S/C11H25N3/c1-9(2)14(10(3)7-12)11-5-6-13(4)8-11/h9-11H,5-8,12H2,1-4H3. The molecule has 0 aromatic carbocycles. The summed E-state index contributed by atoms with van der Waals surface area (Å²) in [6, 6.07) is 1.81. The lowest BCUT2D eigenvalue weighted by atomic mass is 10.1. The van der Waals surface area contributed by atoms with Crippen molar-refractivity contribution >= 4 is 0 Å². The molecule has 2 unspecified atom stereocenters. The molecule has 0 amide bonds. The average molecular weight is 199 g/mol. The van der Waals surface area contributed by atoms with Gasteiger partial charge in [-0.15, -0.1) is 0 Å². The molecule has 0 aromatic rings. The van der Waals surface area contributed by atoms with Crippen LogP contribution in [-0.2, 0) is 0 Å². The Bertz CT molecular complexity index is 170. The Balaban J connectivity index is 2.58. The van der Waals surface area contributed by atoms with E-state index >= 15 is 0 Å². The highest BCUT2D eigenvalue weighted by molar-refractivity contribution is 4.86. The summed E-state index contributed by atoms with van der Waals surface area (Å²) in [6.07, 6.45) is 1.29. The fraction of sp³-hybridized carbons (Fsp3) is 1.00. The van der Waals surface area contributed by atoms with E-state index in [1.807, 2.05) is 0 Å². The van der Waals surface area contributed by atoms with Gasteiger partial charge in [0, 0.05) is 31.2 Å². The highest BCUT2D eigenvalue weighted by Crippen LogP contribution is 2.19. The van der Waals surface area contributed by atoms with Crippen LogP contribution in [0.25, 0.3) is 0 Å². The maximum atomic E-state index is 5.76. The van der Waals surface area contributed by atoms with Crippen LogP contribution in [0.4, 0.5) is 0 Å². The molecular formula is C11H25N3. The van der Waals surface area contributed by atoms with E-state index in [2.05, 4.69) is 37.6 Å². The van der Waals surface area contributed by atoms with Crippen molar-refractivity contribution in [3.63, 3.8) is 0 Å². The molecule has 0 spiro atoms. The summed E-state index contributed by atoms with van der Waals surface area (Å²) >= 11 is 0. The van der Waals surface area contributed by atoms with Crippen molar-refractivity contribution in [1.82, 2.24) is 9.80 Å². The highest BCUT2D eigenvalue weighted by Gasteiger charge is 2.29. The van der Waals surface area contributed by atoms with Crippen LogP contribution in [0.3, 0.4) is 0 Å². The Morgan fingerprint density at radius 1 is 1.43 bits per heavy atom. The third-order valence-electron chi connectivity index (χ3n) is 3.23. The molecule has 14 heavy (non-hydrogen) atoms. The molecule has 3 nitrogen and oxygen atoms in total. The second-order valence-electron chi connectivity index (χ2n) is 4.83. The summed E-state index contributed by atoms with van der Waals surface area (Å²) in [5.41, 5.74) is 5.76. The Morgan fingerprint density at radius 3 is 2.43 bits per heavy atom. The van der Waals surface area contributed by atoms with E-state index < -0.39 is 0 Å². The van der Waals surface area contributed by atoms with Crippen LogP contribution in [0, 0.1) is 0 Å². The van der Waals surface area contributed by atoms with E-state index in [9.17, 15) is 0 Å². The molecule has 1 heterocycles. The second-order valence-corrected chi connectivity index (χ2v) is 4.83. The minimum atomic E-state index is 0.506. The van der Waals surface area contributed by atoms with Gasteiger partial charge in [-0.05, 0) is 40.8 Å². The summed E-state index contributed by atoms with van der Waals surface area (Å²) in [4.78, 5) is 4.98. The fourth-order valence-electron chi connectivity index (χ4n) is 2.57. The molecule has 0 radical (unpaired) electrons. The number of rotatable bonds is 4. The minimum Gasteiger partial charge on any atom is -0.329 e. The molecule has 1 fully saturated rings. The minimum absolute atomic E-state index is 0.506. The summed E-state index contributed by atoms with van der Waals surface area (Å²) in [6.45, 7) is 9.96. The molecule has 2 N–H and O–H groups in total. The summed E-state index contributed by atoms with van der Waals surface area (Å²) < 4.78 is 0. The van der Waals surface area contributed by atoms with Crippen molar-refractivity contribution in [3.8, 4) is 0 Å². The van der Waals surface area contributed by atoms with Gasteiger partial charge in [0.1, 0.15) is 0 Å². The van der Waals surface area contributed by atoms with E-state index in [4.69, 9.17) is 5.73 Å². The van der Waals surface area contributed by atoms with Gasteiger partial charge in [0.15, 0.2) is 0 Å². The molecule has 1 rings (SSSR count). The zero-order chi connectivity index (χ0) is 10.7. The molecule has 0 aliphatic carbocycles. The first kappa shape index (κ1) is 12.0. The van der Waals surface area contributed by atoms with Crippen molar-refractivity contribution in [2.45, 2.75) is 45.3 Å². The summed E-state index contributed by atoms with van der Waals surface area (Å²) in [5.74, 6) is 0. The Hall–Kier alpha value is -0.120. The first-order valence-corrected chi connectivity index (χ1v) is 5.72. The van der Waals surface area contributed by atoms with E-state index in [0.717, 1.165) is 6.54 Å². The van der Waals surface area contributed by atoms with Crippen LogP contribution in [0.5, 0.6) is 0 Å². The Labute approximate surface area is 88.2 Å².